The van der Waals surface area contributed by atoms with Gasteiger partial charge in [0, 0.05) is 10.4 Å². The number of halogens is 1. The maximum atomic E-state index is 6.30. The molecule has 192 valence electrons. The van der Waals surface area contributed by atoms with E-state index in [1.165, 1.54) is 50.1 Å². The monoisotopic (exact) mass is 532 g/mol. The van der Waals surface area contributed by atoms with Crippen LogP contribution in [0.1, 0.15) is 45.9 Å². The summed E-state index contributed by atoms with van der Waals surface area (Å²) in [4.78, 5) is 0. The van der Waals surface area contributed by atoms with E-state index in [0.717, 1.165) is 5.02 Å². The molecule has 0 N–H and O–H groups in total. The molecule has 40 heavy (non-hydrogen) atoms. The Morgan fingerprint density at radius 2 is 0.800 bits per heavy atom. The summed E-state index contributed by atoms with van der Waals surface area (Å²) in [6.45, 7) is 2.40. The van der Waals surface area contributed by atoms with Crippen LogP contribution in [0.4, 0.5) is 0 Å². The molecule has 0 bridgehead atoms. The molecule has 0 aromatic heterocycles. The van der Waals surface area contributed by atoms with Crippen LogP contribution in [0.25, 0.3) is 11.1 Å². The van der Waals surface area contributed by atoms with E-state index >= 15 is 0 Å². The normalized spacial score (nSPS) is 14.7. The van der Waals surface area contributed by atoms with Crippen LogP contribution < -0.4 is 0 Å². The zero-order chi connectivity index (χ0) is 27.2. The van der Waals surface area contributed by atoms with E-state index in [2.05, 4.69) is 153 Å². The van der Waals surface area contributed by atoms with Crippen LogP contribution in [-0.2, 0) is 10.8 Å². The van der Waals surface area contributed by atoms with E-state index in [1.54, 1.807) is 0 Å². The summed E-state index contributed by atoms with van der Waals surface area (Å²) in [5.74, 6) is 0. The predicted octanol–water partition coefficient (Wildman–Crippen LogP) is 10.1. The third-order valence-corrected chi connectivity index (χ3v) is 9.03. The summed E-state index contributed by atoms with van der Waals surface area (Å²) in [5.41, 5.74) is 10.7. The van der Waals surface area contributed by atoms with E-state index in [1.807, 2.05) is 12.1 Å². The number of rotatable bonds is 4. The highest BCUT2D eigenvalue weighted by Crippen LogP contribution is 2.58. The third kappa shape index (κ3) is 3.53. The average molecular weight is 533 g/mol. The Bertz CT molecular complexity index is 1710. The summed E-state index contributed by atoms with van der Waals surface area (Å²) in [7, 11) is 0. The van der Waals surface area contributed by atoms with Crippen molar-refractivity contribution in [3.05, 3.63) is 202 Å². The first-order valence-electron chi connectivity index (χ1n) is 13.8. The summed E-state index contributed by atoms with van der Waals surface area (Å²) >= 11 is 6.30. The number of hydrogen-bond acceptors (Lipinski definition) is 0. The van der Waals surface area contributed by atoms with Gasteiger partial charge in [-0.25, -0.2) is 0 Å². The lowest BCUT2D eigenvalue weighted by Crippen LogP contribution is -2.43. The van der Waals surface area contributed by atoms with Gasteiger partial charge >= 0.3 is 0 Å². The quantitative estimate of drug-likeness (QED) is 0.212. The van der Waals surface area contributed by atoms with Crippen LogP contribution in [0, 0.1) is 0 Å². The van der Waals surface area contributed by atoms with E-state index in [0.29, 0.717) is 0 Å². The Hall–Kier alpha value is -4.39. The van der Waals surface area contributed by atoms with Crippen molar-refractivity contribution in [3.63, 3.8) is 0 Å². The van der Waals surface area contributed by atoms with Gasteiger partial charge < -0.3 is 0 Å². The highest BCUT2D eigenvalue weighted by molar-refractivity contribution is 6.30. The molecule has 0 nitrogen and oxygen atoms in total. The molecule has 0 fully saturated rings. The van der Waals surface area contributed by atoms with Gasteiger partial charge in [0.2, 0.25) is 0 Å². The molecule has 6 aromatic rings. The van der Waals surface area contributed by atoms with Crippen molar-refractivity contribution in [2.45, 2.75) is 17.8 Å². The highest BCUT2D eigenvalue weighted by Gasteiger charge is 2.51. The van der Waals surface area contributed by atoms with Crippen LogP contribution in [0.15, 0.2) is 158 Å². The van der Waals surface area contributed by atoms with Gasteiger partial charge in [-0.05, 0) is 69.1 Å². The number of hydrogen-bond donors (Lipinski definition) is 0. The lowest BCUT2D eigenvalue weighted by atomic mass is 9.52. The molecule has 0 heterocycles. The maximum Gasteiger partial charge on any atom is 0.0707 e. The van der Waals surface area contributed by atoms with E-state index in [-0.39, 0.29) is 0 Å². The van der Waals surface area contributed by atoms with Crippen molar-refractivity contribution in [3.8, 4) is 11.1 Å². The Balaban J connectivity index is 1.62. The zero-order valence-corrected chi connectivity index (χ0v) is 23.1. The van der Waals surface area contributed by atoms with E-state index in [9.17, 15) is 0 Å². The minimum absolute atomic E-state index is 0.392. The van der Waals surface area contributed by atoms with Gasteiger partial charge in [0.05, 0.1) is 5.41 Å². The minimum atomic E-state index is -0.454. The summed E-state index contributed by atoms with van der Waals surface area (Å²) in [6, 6.07) is 57.2. The van der Waals surface area contributed by atoms with Gasteiger partial charge in [-0.3, -0.25) is 0 Å². The van der Waals surface area contributed by atoms with Gasteiger partial charge in [0.15, 0.2) is 0 Å². The lowest BCUT2D eigenvalue weighted by molar-refractivity contribution is 0.590. The van der Waals surface area contributed by atoms with Gasteiger partial charge in [-0.15, -0.1) is 0 Å². The summed E-state index contributed by atoms with van der Waals surface area (Å²) < 4.78 is 0. The van der Waals surface area contributed by atoms with Gasteiger partial charge in [0.25, 0.3) is 0 Å². The van der Waals surface area contributed by atoms with Crippen LogP contribution in [0.2, 0.25) is 5.02 Å². The maximum absolute atomic E-state index is 6.30. The summed E-state index contributed by atoms with van der Waals surface area (Å²) in [5, 5.41) is 0.747. The Morgan fingerprint density at radius 3 is 1.30 bits per heavy atom. The lowest BCUT2D eigenvalue weighted by Gasteiger charge is -2.49. The Kier molecular flexibility index (Phi) is 5.95. The molecular weight excluding hydrogens is 504 g/mol. The highest BCUT2D eigenvalue weighted by atomic mass is 35.5. The molecule has 0 saturated carbocycles. The molecule has 0 spiro atoms. The molecule has 0 atom stereocenters. The van der Waals surface area contributed by atoms with Crippen LogP contribution in [0.3, 0.4) is 0 Å². The number of benzene rings is 6. The fraction of sp³-hybridized carbons (Fsp3) is 0.0769. The van der Waals surface area contributed by atoms with Crippen molar-refractivity contribution >= 4 is 11.6 Å². The topological polar surface area (TPSA) is 0 Å². The predicted molar refractivity (Wildman–Crippen MR) is 167 cm³/mol. The zero-order valence-electron chi connectivity index (χ0n) is 22.4. The molecule has 0 saturated heterocycles. The Morgan fingerprint density at radius 1 is 0.400 bits per heavy atom. The van der Waals surface area contributed by atoms with Crippen molar-refractivity contribution in [1.29, 1.82) is 0 Å². The van der Waals surface area contributed by atoms with Crippen LogP contribution in [0.5, 0.6) is 0 Å². The number of fused-ring (bicyclic) bond motifs is 2. The standard InChI is InChI=1S/C39H29Cl/c1-38(33-19-9-8-18-32(33)28-24-26-31(40)27-25-28)34-20-10-12-22-36(34)39(29-14-4-2-5-15-29,30-16-6-3-7-17-30)37-23-13-11-21-35(37)38/h2-27H,1H3. The second kappa shape index (κ2) is 9.66. The average Bonchev–Trinajstić information content (AvgIpc) is 3.03. The Labute approximate surface area is 241 Å². The van der Waals surface area contributed by atoms with E-state index in [4.69, 9.17) is 11.6 Å². The van der Waals surface area contributed by atoms with Crippen LogP contribution in [-0.4, -0.2) is 0 Å². The summed E-state index contributed by atoms with van der Waals surface area (Å²) in [6.07, 6.45) is 0. The molecule has 0 aliphatic heterocycles. The molecule has 1 aliphatic rings. The smallest absolute Gasteiger partial charge is 0.0707 e. The third-order valence-electron chi connectivity index (χ3n) is 8.77. The molecule has 6 aromatic carbocycles. The molecule has 7 rings (SSSR count). The van der Waals surface area contributed by atoms with Gasteiger partial charge in [-0.2, -0.15) is 0 Å². The van der Waals surface area contributed by atoms with Crippen molar-refractivity contribution in [2.24, 2.45) is 0 Å². The van der Waals surface area contributed by atoms with Crippen LogP contribution >= 0.6 is 11.6 Å². The van der Waals surface area contributed by atoms with E-state index < -0.39 is 10.8 Å². The second-order valence-electron chi connectivity index (χ2n) is 10.8. The van der Waals surface area contributed by atoms with Gasteiger partial charge in [0.1, 0.15) is 0 Å². The SMILES string of the molecule is CC1(c2ccccc2-c2ccc(Cl)cc2)c2ccccc2C(c2ccccc2)(c2ccccc2)c2ccccc21. The van der Waals surface area contributed by atoms with Crippen molar-refractivity contribution in [1.82, 2.24) is 0 Å². The molecule has 1 aliphatic carbocycles. The molecule has 0 unspecified atom stereocenters. The fourth-order valence-electron chi connectivity index (χ4n) is 7.04. The molecule has 0 amide bonds. The van der Waals surface area contributed by atoms with Gasteiger partial charge in [-0.1, -0.05) is 157 Å². The minimum Gasteiger partial charge on any atom is -0.0843 e. The molecule has 1 heteroatoms. The first-order chi connectivity index (χ1) is 19.6. The first kappa shape index (κ1) is 24.6. The fourth-order valence-corrected chi connectivity index (χ4v) is 7.16. The van der Waals surface area contributed by atoms with Crippen molar-refractivity contribution in [2.75, 3.05) is 0 Å². The second-order valence-corrected chi connectivity index (χ2v) is 11.2. The molecule has 0 radical (unpaired) electrons. The first-order valence-corrected chi connectivity index (χ1v) is 14.2. The molecular formula is C39H29Cl. The largest absolute Gasteiger partial charge is 0.0843 e. The van der Waals surface area contributed by atoms with Crippen molar-refractivity contribution < 1.29 is 0 Å².